The van der Waals surface area contributed by atoms with Crippen LogP contribution in [0.1, 0.15) is 22.5 Å². The Hall–Kier alpha value is -3.53. The molecule has 1 heterocycles. The van der Waals surface area contributed by atoms with Crippen molar-refractivity contribution in [3.63, 3.8) is 0 Å². The summed E-state index contributed by atoms with van der Waals surface area (Å²) in [7, 11) is 0. The van der Waals surface area contributed by atoms with Crippen molar-refractivity contribution in [1.29, 1.82) is 0 Å². The molecule has 0 bridgehead atoms. The molecule has 0 fully saturated rings. The van der Waals surface area contributed by atoms with Crippen LogP contribution < -0.4 is 0 Å². The summed E-state index contributed by atoms with van der Waals surface area (Å²) >= 11 is 0. The number of tetrazole rings is 1. The van der Waals surface area contributed by atoms with Gasteiger partial charge in [0.05, 0.1) is 5.69 Å². The van der Waals surface area contributed by atoms with E-state index in [1.165, 1.54) is 5.56 Å². The number of benzene rings is 3. The molecule has 3 aromatic carbocycles. The van der Waals surface area contributed by atoms with E-state index in [0.29, 0.717) is 5.82 Å². The van der Waals surface area contributed by atoms with E-state index in [1.807, 2.05) is 54.6 Å². The summed E-state index contributed by atoms with van der Waals surface area (Å²) in [6.07, 6.45) is 2.03. The van der Waals surface area contributed by atoms with Gasteiger partial charge in [-0.3, -0.25) is 0 Å². The molecule has 4 aromatic rings. The van der Waals surface area contributed by atoms with Crippen LogP contribution in [-0.4, -0.2) is 20.2 Å². The van der Waals surface area contributed by atoms with Crippen LogP contribution in [0.4, 0.5) is 0 Å². The molecular weight excluding hydrogens is 320 g/mol. The molecule has 0 aliphatic heterocycles. The lowest BCUT2D eigenvalue weighted by atomic mass is 9.97. The lowest BCUT2D eigenvalue weighted by Gasteiger charge is -2.09. The lowest BCUT2D eigenvalue weighted by molar-refractivity contribution is 0.786. The summed E-state index contributed by atoms with van der Waals surface area (Å²) in [6.45, 7) is 2.06. The second-order valence-corrected chi connectivity index (χ2v) is 6.08. The minimum Gasteiger partial charge on any atom is -0.193 e. The fourth-order valence-electron chi connectivity index (χ4n) is 2.93. The summed E-state index contributed by atoms with van der Waals surface area (Å²) in [6, 6.07) is 28.7. The maximum absolute atomic E-state index is 4.24. The second-order valence-electron chi connectivity index (χ2n) is 6.08. The average molecular weight is 338 g/mol. The van der Waals surface area contributed by atoms with E-state index < -0.39 is 0 Å². The van der Waals surface area contributed by atoms with E-state index in [2.05, 4.69) is 58.8 Å². The molecular formula is C22H18N4. The largest absolute Gasteiger partial charge is 0.193 e. The smallest absolute Gasteiger partial charge is 0.180 e. The maximum atomic E-state index is 4.24. The highest BCUT2D eigenvalue weighted by atomic mass is 15.5. The molecule has 0 spiro atoms. The van der Waals surface area contributed by atoms with Gasteiger partial charge in [-0.25, -0.2) is 0 Å². The van der Waals surface area contributed by atoms with Crippen molar-refractivity contribution in [3.05, 3.63) is 107 Å². The van der Waals surface area contributed by atoms with Crippen LogP contribution in [0, 0.1) is 6.92 Å². The Morgan fingerprint density at radius 3 is 2.08 bits per heavy atom. The van der Waals surface area contributed by atoms with Gasteiger partial charge in [0.15, 0.2) is 5.82 Å². The van der Waals surface area contributed by atoms with E-state index in [0.717, 1.165) is 22.4 Å². The third-order valence-corrected chi connectivity index (χ3v) is 4.18. The molecule has 0 radical (unpaired) electrons. The zero-order valence-corrected chi connectivity index (χ0v) is 14.4. The van der Waals surface area contributed by atoms with E-state index in [1.54, 1.807) is 4.68 Å². The molecule has 26 heavy (non-hydrogen) atoms. The first-order valence-electron chi connectivity index (χ1n) is 8.49. The third kappa shape index (κ3) is 3.30. The summed E-state index contributed by atoms with van der Waals surface area (Å²) in [5.74, 6) is 0.693. The van der Waals surface area contributed by atoms with Crippen molar-refractivity contribution >= 4 is 11.6 Å². The molecule has 4 heteroatoms. The summed E-state index contributed by atoms with van der Waals surface area (Å²) < 4.78 is 1.76. The molecule has 0 unspecified atom stereocenters. The van der Waals surface area contributed by atoms with Gasteiger partial charge in [0.2, 0.25) is 0 Å². The SMILES string of the molecule is Cc1cccc(-n2nnnc2C=C(c2ccccc2)c2ccccc2)c1. The van der Waals surface area contributed by atoms with Gasteiger partial charge in [-0.2, -0.15) is 4.68 Å². The quantitative estimate of drug-likeness (QED) is 0.548. The molecule has 0 saturated heterocycles. The number of hydrogen-bond donors (Lipinski definition) is 0. The Labute approximate surface area is 152 Å². The number of nitrogens with zero attached hydrogens (tertiary/aromatic N) is 4. The molecule has 0 aliphatic carbocycles. The van der Waals surface area contributed by atoms with E-state index >= 15 is 0 Å². The first-order valence-corrected chi connectivity index (χ1v) is 8.49. The first kappa shape index (κ1) is 16.0. The standard InChI is InChI=1S/C22H18N4/c1-17-9-8-14-20(15-17)26-22(23-24-25-26)16-21(18-10-4-2-5-11-18)19-12-6-3-7-13-19/h2-16H,1H3. The fraction of sp³-hybridized carbons (Fsp3) is 0.0455. The maximum Gasteiger partial charge on any atom is 0.180 e. The molecule has 0 N–H and O–H groups in total. The highest BCUT2D eigenvalue weighted by Crippen LogP contribution is 2.25. The Morgan fingerprint density at radius 2 is 1.46 bits per heavy atom. The minimum absolute atomic E-state index is 0.693. The highest BCUT2D eigenvalue weighted by molar-refractivity contribution is 5.90. The van der Waals surface area contributed by atoms with Crippen molar-refractivity contribution in [1.82, 2.24) is 20.2 Å². The summed E-state index contributed by atoms with van der Waals surface area (Å²) in [4.78, 5) is 0. The minimum atomic E-state index is 0.693. The van der Waals surface area contributed by atoms with Crippen LogP contribution in [0.3, 0.4) is 0 Å². The molecule has 4 rings (SSSR count). The van der Waals surface area contributed by atoms with Crippen molar-refractivity contribution in [2.45, 2.75) is 6.92 Å². The van der Waals surface area contributed by atoms with Gasteiger partial charge in [0.25, 0.3) is 0 Å². The average Bonchev–Trinajstić information content (AvgIpc) is 3.16. The number of rotatable bonds is 4. The molecule has 0 aliphatic rings. The summed E-state index contributed by atoms with van der Waals surface area (Å²) in [5.41, 5.74) is 5.44. The molecule has 4 nitrogen and oxygen atoms in total. The van der Waals surface area contributed by atoms with Crippen molar-refractivity contribution in [3.8, 4) is 5.69 Å². The molecule has 1 aromatic heterocycles. The molecule has 0 atom stereocenters. The van der Waals surface area contributed by atoms with Crippen LogP contribution in [0.2, 0.25) is 0 Å². The van der Waals surface area contributed by atoms with Crippen LogP contribution >= 0.6 is 0 Å². The van der Waals surface area contributed by atoms with Crippen LogP contribution in [-0.2, 0) is 0 Å². The zero-order chi connectivity index (χ0) is 17.8. The monoisotopic (exact) mass is 338 g/mol. The van der Waals surface area contributed by atoms with Gasteiger partial charge in [0, 0.05) is 0 Å². The zero-order valence-electron chi connectivity index (χ0n) is 14.4. The second kappa shape index (κ2) is 7.15. The van der Waals surface area contributed by atoms with Crippen molar-refractivity contribution < 1.29 is 0 Å². The van der Waals surface area contributed by atoms with Gasteiger partial charge in [-0.05, 0) is 57.8 Å². The Kier molecular flexibility index (Phi) is 4.39. The van der Waals surface area contributed by atoms with Gasteiger partial charge in [-0.15, -0.1) is 5.10 Å². The lowest BCUT2D eigenvalue weighted by Crippen LogP contribution is -2.00. The number of hydrogen-bond acceptors (Lipinski definition) is 3. The van der Waals surface area contributed by atoms with Gasteiger partial charge in [0.1, 0.15) is 0 Å². The predicted octanol–water partition coefficient (Wildman–Crippen LogP) is 4.56. The fourth-order valence-corrected chi connectivity index (χ4v) is 2.93. The Bertz CT molecular complexity index is 992. The molecule has 126 valence electrons. The van der Waals surface area contributed by atoms with Gasteiger partial charge in [-0.1, -0.05) is 72.8 Å². The van der Waals surface area contributed by atoms with Gasteiger partial charge < -0.3 is 0 Å². The van der Waals surface area contributed by atoms with Gasteiger partial charge >= 0.3 is 0 Å². The first-order chi connectivity index (χ1) is 12.8. The number of aromatic nitrogens is 4. The summed E-state index contributed by atoms with van der Waals surface area (Å²) in [5, 5.41) is 12.3. The molecule has 0 amide bonds. The van der Waals surface area contributed by atoms with Crippen LogP contribution in [0.15, 0.2) is 84.9 Å². The highest BCUT2D eigenvalue weighted by Gasteiger charge is 2.10. The van der Waals surface area contributed by atoms with Crippen molar-refractivity contribution in [2.24, 2.45) is 0 Å². The van der Waals surface area contributed by atoms with Crippen LogP contribution in [0.25, 0.3) is 17.3 Å². The number of aryl methyl sites for hydroxylation is 1. The van der Waals surface area contributed by atoms with E-state index in [-0.39, 0.29) is 0 Å². The normalized spacial score (nSPS) is 10.5. The Balaban J connectivity index is 1.86. The third-order valence-electron chi connectivity index (χ3n) is 4.18. The molecule has 0 saturated carbocycles. The van der Waals surface area contributed by atoms with E-state index in [9.17, 15) is 0 Å². The Morgan fingerprint density at radius 1 is 0.808 bits per heavy atom. The van der Waals surface area contributed by atoms with E-state index in [4.69, 9.17) is 0 Å². The topological polar surface area (TPSA) is 43.6 Å². The van der Waals surface area contributed by atoms with Crippen molar-refractivity contribution in [2.75, 3.05) is 0 Å². The predicted molar refractivity (Wildman–Crippen MR) is 104 cm³/mol. The van der Waals surface area contributed by atoms with Crippen LogP contribution in [0.5, 0.6) is 0 Å².